The molecule has 1 aromatic heterocycles. The van der Waals surface area contributed by atoms with Gasteiger partial charge < -0.3 is 0 Å². The number of aryl methyl sites for hydroxylation is 1. The zero-order valence-electron chi connectivity index (χ0n) is 7.25. The third-order valence-corrected chi connectivity index (χ3v) is 2.34. The van der Waals surface area contributed by atoms with E-state index in [4.69, 9.17) is 11.6 Å². The Labute approximate surface area is 80.9 Å². The molecule has 2 rings (SSSR count). The molecule has 1 amide bonds. The van der Waals surface area contributed by atoms with Gasteiger partial charge in [-0.05, 0) is 6.92 Å². The summed E-state index contributed by atoms with van der Waals surface area (Å²) >= 11 is 5.86. The second-order valence-electron chi connectivity index (χ2n) is 3.21. The van der Waals surface area contributed by atoms with Crippen LogP contribution < -0.4 is 4.90 Å². The van der Waals surface area contributed by atoms with Crippen LogP contribution in [0.25, 0.3) is 0 Å². The van der Waals surface area contributed by atoms with Gasteiger partial charge in [-0.25, -0.2) is 0 Å². The van der Waals surface area contributed by atoms with Crippen LogP contribution in [0, 0.1) is 6.92 Å². The van der Waals surface area contributed by atoms with Crippen LogP contribution in [0.5, 0.6) is 0 Å². The summed E-state index contributed by atoms with van der Waals surface area (Å²) < 4.78 is 0. The molecule has 70 valence electrons. The second kappa shape index (κ2) is 3.03. The summed E-state index contributed by atoms with van der Waals surface area (Å²) in [5, 5.41) is 6.72. The number of rotatable bonds is 1. The summed E-state index contributed by atoms with van der Waals surface area (Å²) in [6.45, 7) is 2.46. The van der Waals surface area contributed by atoms with Gasteiger partial charge in [0.2, 0.25) is 5.91 Å². The van der Waals surface area contributed by atoms with Gasteiger partial charge in [0.1, 0.15) is 0 Å². The molecule has 1 aliphatic heterocycles. The summed E-state index contributed by atoms with van der Waals surface area (Å²) in [6.07, 6.45) is 0.410. The van der Waals surface area contributed by atoms with E-state index in [2.05, 4.69) is 10.2 Å². The highest BCUT2D eigenvalue weighted by Crippen LogP contribution is 2.22. The van der Waals surface area contributed by atoms with E-state index in [1.54, 1.807) is 4.90 Å². The Morgan fingerprint density at radius 3 is 3.00 bits per heavy atom. The van der Waals surface area contributed by atoms with Gasteiger partial charge in [-0.3, -0.25) is 14.8 Å². The van der Waals surface area contributed by atoms with Gasteiger partial charge in [0.05, 0.1) is 5.38 Å². The van der Waals surface area contributed by atoms with Crippen molar-refractivity contribution < 1.29 is 4.79 Å². The van der Waals surface area contributed by atoms with Gasteiger partial charge in [-0.15, -0.1) is 11.6 Å². The molecule has 0 bridgehead atoms. The third kappa shape index (κ3) is 1.54. The Kier molecular flexibility index (Phi) is 2.00. The Morgan fingerprint density at radius 2 is 2.54 bits per heavy atom. The van der Waals surface area contributed by atoms with Crippen LogP contribution in [-0.4, -0.2) is 28.0 Å². The lowest BCUT2D eigenvalue weighted by Crippen LogP contribution is -2.24. The molecule has 1 saturated heterocycles. The van der Waals surface area contributed by atoms with Crippen molar-refractivity contribution in [3.63, 3.8) is 0 Å². The zero-order valence-corrected chi connectivity index (χ0v) is 8.01. The van der Waals surface area contributed by atoms with Gasteiger partial charge in [-0.2, -0.15) is 5.10 Å². The number of aromatic amines is 1. The lowest BCUT2D eigenvalue weighted by molar-refractivity contribution is -0.117. The van der Waals surface area contributed by atoms with Crippen LogP contribution in [-0.2, 0) is 4.79 Å². The molecular formula is C8H10ClN3O. The molecule has 0 spiro atoms. The van der Waals surface area contributed by atoms with Gasteiger partial charge in [0.25, 0.3) is 0 Å². The van der Waals surface area contributed by atoms with Crippen molar-refractivity contribution in [2.75, 3.05) is 11.4 Å². The largest absolute Gasteiger partial charge is 0.294 e. The minimum Gasteiger partial charge on any atom is -0.294 e. The van der Waals surface area contributed by atoms with Crippen molar-refractivity contribution in [1.82, 2.24) is 10.2 Å². The fourth-order valence-corrected chi connectivity index (χ4v) is 1.70. The number of amides is 1. The second-order valence-corrected chi connectivity index (χ2v) is 3.83. The van der Waals surface area contributed by atoms with Crippen LogP contribution in [0.2, 0.25) is 0 Å². The number of nitrogens with zero attached hydrogens (tertiary/aromatic N) is 2. The summed E-state index contributed by atoms with van der Waals surface area (Å²) in [7, 11) is 0. The van der Waals surface area contributed by atoms with E-state index < -0.39 is 0 Å². The first kappa shape index (κ1) is 8.56. The summed E-state index contributed by atoms with van der Waals surface area (Å²) in [6, 6.07) is 1.84. The summed E-state index contributed by atoms with van der Waals surface area (Å²) in [5.74, 6) is 0.720. The predicted octanol–water partition coefficient (Wildman–Crippen LogP) is 1.06. The van der Waals surface area contributed by atoms with Gasteiger partial charge in [0, 0.05) is 24.7 Å². The number of H-pyrrole nitrogens is 1. The van der Waals surface area contributed by atoms with Crippen molar-refractivity contribution >= 4 is 23.3 Å². The number of halogens is 1. The number of anilines is 1. The molecule has 1 unspecified atom stereocenters. The number of carbonyl (C=O) groups is 1. The molecule has 5 heteroatoms. The molecule has 1 N–H and O–H groups in total. The fraction of sp³-hybridized carbons (Fsp3) is 0.500. The molecule has 13 heavy (non-hydrogen) atoms. The van der Waals surface area contributed by atoms with Crippen LogP contribution in [0.4, 0.5) is 5.82 Å². The summed E-state index contributed by atoms with van der Waals surface area (Å²) in [5.41, 5.74) is 0.945. The minimum atomic E-state index is -0.0792. The van der Waals surface area contributed by atoms with E-state index in [1.165, 1.54) is 0 Å². The number of aromatic nitrogens is 2. The Hall–Kier alpha value is -1.03. The van der Waals surface area contributed by atoms with Crippen molar-refractivity contribution in [3.05, 3.63) is 11.8 Å². The zero-order chi connectivity index (χ0) is 9.42. The quantitative estimate of drug-likeness (QED) is 0.688. The maximum Gasteiger partial charge on any atom is 0.229 e. The number of nitrogens with one attached hydrogen (secondary N) is 1. The first-order chi connectivity index (χ1) is 6.16. The van der Waals surface area contributed by atoms with Gasteiger partial charge in [0.15, 0.2) is 5.82 Å². The average molecular weight is 200 g/mol. The molecule has 4 nitrogen and oxygen atoms in total. The molecule has 1 atom stereocenters. The first-order valence-electron chi connectivity index (χ1n) is 4.13. The van der Waals surface area contributed by atoms with Crippen LogP contribution >= 0.6 is 11.6 Å². The number of alkyl halides is 1. The van der Waals surface area contributed by atoms with Crippen molar-refractivity contribution in [3.8, 4) is 0 Å². The van der Waals surface area contributed by atoms with Crippen LogP contribution in [0.3, 0.4) is 0 Å². The normalized spacial score (nSPS) is 22.8. The maximum atomic E-state index is 11.4. The molecule has 0 aliphatic carbocycles. The standard InChI is InChI=1S/C8H10ClN3O/c1-5-2-7(11-10-5)12-4-6(9)3-8(12)13/h2,6H,3-4H2,1H3,(H,10,11). The Balaban J connectivity index is 2.22. The lowest BCUT2D eigenvalue weighted by atomic mass is 10.4. The molecule has 1 aliphatic rings. The highest BCUT2D eigenvalue weighted by molar-refractivity contribution is 6.24. The van der Waals surface area contributed by atoms with E-state index in [9.17, 15) is 4.79 Å². The Bertz CT molecular complexity index is 336. The number of carbonyl (C=O) groups excluding carboxylic acids is 1. The maximum absolute atomic E-state index is 11.4. The minimum absolute atomic E-state index is 0.0477. The van der Waals surface area contributed by atoms with E-state index in [1.807, 2.05) is 13.0 Å². The average Bonchev–Trinajstić information content (AvgIpc) is 2.58. The van der Waals surface area contributed by atoms with E-state index in [-0.39, 0.29) is 11.3 Å². The van der Waals surface area contributed by atoms with E-state index in [0.717, 1.165) is 5.69 Å². The monoisotopic (exact) mass is 199 g/mol. The topological polar surface area (TPSA) is 49.0 Å². The first-order valence-corrected chi connectivity index (χ1v) is 4.57. The highest BCUT2D eigenvalue weighted by Gasteiger charge is 2.30. The third-order valence-electron chi connectivity index (χ3n) is 2.05. The van der Waals surface area contributed by atoms with Crippen molar-refractivity contribution in [2.45, 2.75) is 18.7 Å². The lowest BCUT2D eigenvalue weighted by Gasteiger charge is -2.10. The van der Waals surface area contributed by atoms with Crippen molar-refractivity contribution in [2.24, 2.45) is 0 Å². The number of hydrogen-bond donors (Lipinski definition) is 1. The van der Waals surface area contributed by atoms with E-state index in [0.29, 0.717) is 18.8 Å². The van der Waals surface area contributed by atoms with Crippen LogP contribution in [0.15, 0.2) is 6.07 Å². The molecule has 1 aromatic rings. The smallest absolute Gasteiger partial charge is 0.229 e. The molecule has 2 heterocycles. The van der Waals surface area contributed by atoms with Crippen LogP contribution in [0.1, 0.15) is 12.1 Å². The fourth-order valence-electron chi connectivity index (χ4n) is 1.43. The molecule has 1 fully saturated rings. The van der Waals surface area contributed by atoms with Crippen molar-refractivity contribution in [1.29, 1.82) is 0 Å². The van der Waals surface area contributed by atoms with Gasteiger partial charge >= 0.3 is 0 Å². The Morgan fingerprint density at radius 1 is 1.77 bits per heavy atom. The van der Waals surface area contributed by atoms with E-state index >= 15 is 0 Å². The summed E-state index contributed by atoms with van der Waals surface area (Å²) in [4.78, 5) is 13.0. The SMILES string of the molecule is Cc1cc(N2CC(Cl)CC2=O)n[nH]1. The molecule has 0 radical (unpaired) electrons. The molecule has 0 aromatic carbocycles. The number of hydrogen-bond acceptors (Lipinski definition) is 2. The molecule has 0 saturated carbocycles. The molecular weight excluding hydrogens is 190 g/mol. The van der Waals surface area contributed by atoms with Gasteiger partial charge in [-0.1, -0.05) is 0 Å². The predicted molar refractivity (Wildman–Crippen MR) is 49.9 cm³/mol. The highest BCUT2D eigenvalue weighted by atomic mass is 35.5.